The molecule has 2 aromatic carbocycles. The number of fused-ring (bicyclic) bond motifs is 3. The van der Waals surface area contributed by atoms with E-state index >= 15 is 8.78 Å². The van der Waals surface area contributed by atoms with Crippen LogP contribution in [0.15, 0.2) is 42.5 Å². The second-order valence-electron chi connectivity index (χ2n) is 10.1. The van der Waals surface area contributed by atoms with Gasteiger partial charge in [0.1, 0.15) is 11.6 Å². The number of nitrogens with zero attached hydrogens (tertiary/aromatic N) is 1. The summed E-state index contributed by atoms with van der Waals surface area (Å²) in [6, 6.07) is 10.4. The van der Waals surface area contributed by atoms with Crippen LogP contribution in [0.25, 0.3) is 17.0 Å². The zero-order chi connectivity index (χ0) is 23.6. The van der Waals surface area contributed by atoms with E-state index in [0.717, 1.165) is 53.8 Å². The Labute approximate surface area is 197 Å². The number of ether oxygens (including phenoxy) is 1. The molecule has 1 aliphatic heterocycles. The van der Waals surface area contributed by atoms with Crippen molar-refractivity contribution in [2.24, 2.45) is 5.92 Å². The lowest BCUT2D eigenvalue weighted by Crippen LogP contribution is -2.71. The van der Waals surface area contributed by atoms with Crippen molar-refractivity contribution >= 4 is 22.9 Å². The van der Waals surface area contributed by atoms with Gasteiger partial charge < -0.3 is 9.72 Å². The highest BCUT2D eigenvalue weighted by Gasteiger charge is 2.63. The number of rotatable bonds is 5. The third-order valence-electron chi connectivity index (χ3n) is 8.00. The molecule has 6 heteroatoms. The standard InChI is InChI=1S/C28H28F2N2O2/c1-3-34-24(33)9-8-17-11-21(29)25(22(30)12-17)27-26-20(19-6-4-5-7-23(19)31-26)10-16(2)32(27)28-13-18(14-28)15-28/h4-9,11-12,16,18,27,31H,3,10,13-15H2,1-2H3/b9-8+/t16-,18?,27-,28?/m1/s1. The van der Waals surface area contributed by atoms with Crippen LogP contribution in [-0.4, -0.2) is 34.0 Å². The molecule has 4 nitrogen and oxygen atoms in total. The molecule has 3 aliphatic carbocycles. The van der Waals surface area contributed by atoms with Crippen molar-refractivity contribution in [2.75, 3.05) is 6.61 Å². The van der Waals surface area contributed by atoms with Crippen LogP contribution in [0.2, 0.25) is 0 Å². The minimum atomic E-state index is -0.594. The number of halogens is 2. The number of carbonyl (C=O) groups excluding carboxylic acids is 1. The van der Waals surface area contributed by atoms with Crippen LogP contribution >= 0.6 is 0 Å². The highest BCUT2D eigenvalue weighted by Crippen LogP contribution is 2.64. The minimum absolute atomic E-state index is 0.0328. The molecule has 2 bridgehead atoms. The molecule has 1 N–H and O–H groups in total. The predicted octanol–water partition coefficient (Wildman–Crippen LogP) is 5.91. The third-order valence-corrected chi connectivity index (χ3v) is 8.00. The number of H-pyrrole nitrogens is 1. The van der Waals surface area contributed by atoms with Gasteiger partial charge in [-0.1, -0.05) is 18.2 Å². The first-order chi connectivity index (χ1) is 16.4. The minimum Gasteiger partial charge on any atom is -0.463 e. The van der Waals surface area contributed by atoms with Crippen molar-refractivity contribution in [2.45, 2.75) is 57.2 Å². The summed E-state index contributed by atoms with van der Waals surface area (Å²) in [6.45, 7) is 4.14. The van der Waals surface area contributed by atoms with Crippen LogP contribution in [0, 0.1) is 17.6 Å². The Balaban J connectivity index is 1.48. The van der Waals surface area contributed by atoms with Gasteiger partial charge in [-0.15, -0.1) is 0 Å². The lowest BCUT2D eigenvalue weighted by atomic mass is 9.48. The molecule has 4 aliphatic rings. The summed E-state index contributed by atoms with van der Waals surface area (Å²) in [5, 5.41) is 1.13. The zero-order valence-corrected chi connectivity index (χ0v) is 19.4. The monoisotopic (exact) mass is 462 g/mol. The Morgan fingerprint density at radius 2 is 1.91 bits per heavy atom. The largest absolute Gasteiger partial charge is 0.463 e. The van der Waals surface area contributed by atoms with E-state index in [1.807, 2.05) is 18.2 Å². The van der Waals surface area contributed by atoms with Crippen LogP contribution < -0.4 is 0 Å². The van der Waals surface area contributed by atoms with E-state index in [2.05, 4.69) is 22.9 Å². The molecule has 34 heavy (non-hydrogen) atoms. The van der Waals surface area contributed by atoms with E-state index in [0.29, 0.717) is 5.56 Å². The Morgan fingerprint density at radius 1 is 1.21 bits per heavy atom. The maximum Gasteiger partial charge on any atom is 0.330 e. The molecule has 2 heterocycles. The molecule has 2 atom stereocenters. The van der Waals surface area contributed by atoms with E-state index in [9.17, 15) is 4.79 Å². The Hall–Kier alpha value is -2.99. The highest BCUT2D eigenvalue weighted by atomic mass is 19.1. The van der Waals surface area contributed by atoms with Crippen LogP contribution in [0.4, 0.5) is 8.78 Å². The zero-order valence-electron chi connectivity index (χ0n) is 19.4. The van der Waals surface area contributed by atoms with E-state index < -0.39 is 23.6 Å². The smallest absolute Gasteiger partial charge is 0.330 e. The maximum absolute atomic E-state index is 15.7. The van der Waals surface area contributed by atoms with Gasteiger partial charge >= 0.3 is 5.97 Å². The maximum atomic E-state index is 15.7. The first-order valence-electron chi connectivity index (χ1n) is 12.1. The molecule has 0 radical (unpaired) electrons. The van der Waals surface area contributed by atoms with Crippen LogP contribution in [-0.2, 0) is 16.0 Å². The van der Waals surface area contributed by atoms with E-state index in [4.69, 9.17) is 4.74 Å². The molecule has 176 valence electrons. The Kier molecular flexibility index (Phi) is 4.92. The van der Waals surface area contributed by atoms with Crippen molar-refractivity contribution in [1.82, 2.24) is 9.88 Å². The fourth-order valence-corrected chi connectivity index (χ4v) is 6.55. The molecule has 7 rings (SSSR count). The number of esters is 1. The Bertz CT molecular complexity index is 1290. The number of nitrogens with one attached hydrogen (secondary N) is 1. The lowest BCUT2D eigenvalue weighted by Gasteiger charge is -2.70. The number of para-hydroxylation sites is 1. The molecule has 3 fully saturated rings. The molecule has 0 amide bonds. The summed E-state index contributed by atoms with van der Waals surface area (Å²) >= 11 is 0. The van der Waals surface area contributed by atoms with Gasteiger partial charge in [-0.2, -0.15) is 0 Å². The molecule has 1 aromatic heterocycles. The van der Waals surface area contributed by atoms with Gasteiger partial charge in [-0.25, -0.2) is 13.6 Å². The molecule has 0 saturated heterocycles. The van der Waals surface area contributed by atoms with Gasteiger partial charge in [0.25, 0.3) is 0 Å². The van der Waals surface area contributed by atoms with E-state index in [1.54, 1.807) is 6.92 Å². The van der Waals surface area contributed by atoms with Crippen molar-refractivity contribution in [3.8, 4) is 0 Å². The molecular formula is C28H28F2N2O2. The summed E-state index contributed by atoms with van der Waals surface area (Å²) in [5.41, 5.74) is 3.46. The summed E-state index contributed by atoms with van der Waals surface area (Å²) in [7, 11) is 0. The first-order valence-corrected chi connectivity index (χ1v) is 12.1. The average molecular weight is 463 g/mol. The van der Waals surface area contributed by atoms with E-state index in [-0.39, 0.29) is 23.8 Å². The fraction of sp³-hybridized carbons (Fsp3) is 0.393. The van der Waals surface area contributed by atoms with Gasteiger partial charge in [-0.3, -0.25) is 4.90 Å². The van der Waals surface area contributed by atoms with Crippen LogP contribution in [0.1, 0.15) is 61.5 Å². The second kappa shape index (κ2) is 7.77. The number of aromatic nitrogens is 1. The SMILES string of the molecule is CCOC(=O)/C=C/c1cc(F)c([C@@H]2c3[nH]c4ccccc4c3C[C@@H](C)N2C23CC(C2)C3)c(F)c1. The van der Waals surface area contributed by atoms with Gasteiger partial charge in [0.2, 0.25) is 0 Å². The van der Waals surface area contributed by atoms with Crippen molar-refractivity contribution in [3.63, 3.8) is 0 Å². The molecule has 0 spiro atoms. The topological polar surface area (TPSA) is 45.3 Å². The number of carbonyl (C=O) groups is 1. The summed E-state index contributed by atoms with van der Waals surface area (Å²) < 4.78 is 36.3. The number of hydrogen-bond acceptors (Lipinski definition) is 3. The van der Waals surface area contributed by atoms with Crippen LogP contribution in [0.3, 0.4) is 0 Å². The third kappa shape index (κ3) is 3.15. The fourth-order valence-electron chi connectivity index (χ4n) is 6.55. The summed E-state index contributed by atoms with van der Waals surface area (Å²) in [5.74, 6) is -0.972. The quantitative estimate of drug-likeness (QED) is 0.379. The first kappa shape index (κ1) is 21.5. The van der Waals surface area contributed by atoms with E-state index in [1.165, 1.54) is 24.3 Å². The predicted molar refractivity (Wildman–Crippen MR) is 127 cm³/mol. The normalized spacial score (nSPS) is 27.9. The number of hydrogen-bond donors (Lipinski definition) is 1. The van der Waals surface area contributed by atoms with Gasteiger partial charge in [0, 0.05) is 39.8 Å². The van der Waals surface area contributed by atoms with Crippen molar-refractivity contribution in [3.05, 3.63) is 76.5 Å². The Morgan fingerprint density at radius 3 is 2.56 bits per heavy atom. The van der Waals surface area contributed by atoms with Crippen molar-refractivity contribution in [1.29, 1.82) is 0 Å². The molecule has 0 unspecified atom stereocenters. The van der Waals surface area contributed by atoms with Crippen molar-refractivity contribution < 1.29 is 18.3 Å². The highest BCUT2D eigenvalue weighted by molar-refractivity contribution is 5.87. The van der Waals surface area contributed by atoms with Gasteiger partial charge in [0.05, 0.1) is 12.6 Å². The second-order valence-corrected chi connectivity index (χ2v) is 10.1. The average Bonchev–Trinajstić information content (AvgIpc) is 3.10. The number of benzene rings is 2. The summed E-state index contributed by atoms with van der Waals surface area (Å²) in [4.78, 5) is 17.6. The molecular weight excluding hydrogens is 434 g/mol. The van der Waals surface area contributed by atoms with Crippen LogP contribution in [0.5, 0.6) is 0 Å². The summed E-state index contributed by atoms with van der Waals surface area (Å²) in [6.07, 6.45) is 6.76. The van der Waals surface area contributed by atoms with Gasteiger partial charge in [-0.05, 0) is 80.9 Å². The number of aromatic amines is 1. The van der Waals surface area contributed by atoms with Gasteiger partial charge in [0.15, 0.2) is 0 Å². The molecule has 3 aromatic rings. The lowest BCUT2D eigenvalue weighted by molar-refractivity contribution is -0.174. The molecule has 3 saturated carbocycles.